The van der Waals surface area contributed by atoms with Gasteiger partial charge in [-0.2, -0.15) is 0 Å². The van der Waals surface area contributed by atoms with Crippen LogP contribution in [0.25, 0.3) is 0 Å². The summed E-state index contributed by atoms with van der Waals surface area (Å²) in [4.78, 5) is 48.4. The number of nitrogens with two attached hydrogens (primary N) is 1. The Morgan fingerprint density at radius 2 is 1.68 bits per heavy atom. The van der Waals surface area contributed by atoms with E-state index in [0.29, 0.717) is 19.4 Å². The largest absolute Gasteiger partial charge is 1.00 e. The second kappa shape index (κ2) is 15.9. The summed E-state index contributed by atoms with van der Waals surface area (Å²) in [7, 11) is -10.7. The van der Waals surface area contributed by atoms with Crippen LogP contribution in [-0.2, 0) is 27.2 Å². The maximum atomic E-state index is 11.8. The van der Waals surface area contributed by atoms with E-state index >= 15 is 0 Å². The maximum absolute atomic E-state index is 11.8. The van der Waals surface area contributed by atoms with E-state index in [2.05, 4.69) is 13.4 Å². The standard InChI is InChI=1S/C15H27N3O12P2.2Na/c16-6-3-1-2-4-8-27-31(23,24)30-32(25,26)28-9-10-12(20)13(21)14(29-10)18-7-5-11(19)17-15(18)22;;/h5,7,10,12-14,20-21H,1-4,6,8-9,16H2,(H,23,24)(H,25,26)(H,17,19,22);;/q;2*+1/p-2/t10-,12-,13-,14-;;/m1../s1. The molecule has 1 aliphatic rings. The molecule has 1 fully saturated rings. The van der Waals surface area contributed by atoms with Gasteiger partial charge in [-0.05, 0) is 19.4 Å². The Balaban J connectivity index is 0.00000544. The zero-order chi connectivity index (χ0) is 23.9. The molecule has 15 nitrogen and oxygen atoms in total. The van der Waals surface area contributed by atoms with Crippen LogP contribution < -0.4 is 85.9 Å². The number of hydrogen-bond acceptors (Lipinski definition) is 13. The summed E-state index contributed by atoms with van der Waals surface area (Å²) in [5.74, 6) is 0. The predicted molar refractivity (Wildman–Crippen MR) is 103 cm³/mol. The monoisotopic (exact) mass is 547 g/mol. The van der Waals surface area contributed by atoms with Gasteiger partial charge in [0, 0.05) is 12.3 Å². The Hall–Kier alpha value is 0.780. The number of aliphatic hydroxyl groups is 2. The van der Waals surface area contributed by atoms with Crippen molar-refractivity contribution in [3.05, 3.63) is 33.1 Å². The number of H-pyrrole nitrogens is 1. The number of unbranched alkanes of at least 4 members (excludes halogenated alkanes) is 3. The summed E-state index contributed by atoms with van der Waals surface area (Å²) >= 11 is 0. The van der Waals surface area contributed by atoms with E-state index in [4.69, 9.17) is 10.5 Å². The van der Waals surface area contributed by atoms with Crippen LogP contribution in [0.2, 0.25) is 0 Å². The van der Waals surface area contributed by atoms with Gasteiger partial charge >= 0.3 is 64.8 Å². The Morgan fingerprint density at radius 3 is 2.29 bits per heavy atom. The molecule has 0 saturated carbocycles. The third kappa shape index (κ3) is 11.0. The topological polar surface area (TPSA) is 239 Å². The van der Waals surface area contributed by atoms with Crippen LogP contribution in [0, 0.1) is 0 Å². The Bertz CT molecular complexity index is 963. The van der Waals surface area contributed by atoms with Crippen LogP contribution in [0.5, 0.6) is 0 Å². The van der Waals surface area contributed by atoms with Gasteiger partial charge in [0.2, 0.25) is 0 Å². The first-order valence-corrected chi connectivity index (χ1v) is 12.5. The third-order valence-corrected chi connectivity index (χ3v) is 6.97. The van der Waals surface area contributed by atoms with Crippen molar-refractivity contribution in [1.82, 2.24) is 9.55 Å². The van der Waals surface area contributed by atoms with Gasteiger partial charge < -0.3 is 39.5 Å². The molecule has 5 N–H and O–H groups in total. The maximum Gasteiger partial charge on any atom is 1.00 e. The normalized spacial score (nSPS) is 25.6. The van der Waals surface area contributed by atoms with Crippen LogP contribution in [0.4, 0.5) is 0 Å². The van der Waals surface area contributed by atoms with Gasteiger partial charge in [0.15, 0.2) is 6.23 Å². The number of aromatic nitrogens is 2. The number of hydrogen-bond donors (Lipinski definition) is 4. The Labute approximate surface area is 238 Å². The number of phosphoric acid groups is 2. The van der Waals surface area contributed by atoms with Gasteiger partial charge in [0.05, 0.1) is 13.2 Å². The molecule has 0 aromatic carbocycles. The minimum atomic E-state index is -5.44. The van der Waals surface area contributed by atoms with Crippen molar-refractivity contribution < 1.29 is 106 Å². The number of ether oxygens (including phenoxy) is 1. The van der Waals surface area contributed by atoms with E-state index in [1.54, 1.807) is 0 Å². The first kappa shape index (κ1) is 34.8. The molecule has 1 aliphatic heterocycles. The van der Waals surface area contributed by atoms with Crippen molar-refractivity contribution in [3.8, 4) is 0 Å². The molecular weight excluding hydrogens is 522 g/mol. The van der Waals surface area contributed by atoms with Gasteiger partial charge in [-0.15, -0.1) is 0 Å². The molecule has 1 saturated heterocycles. The molecule has 0 amide bonds. The van der Waals surface area contributed by atoms with E-state index < -0.39 is 58.0 Å². The second-order valence-electron chi connectivity index (χ2n) is 6.87. The molecule has 0 spiro atoms. The first-order chi connectivity index (χ1) is 15.0. The van der Waals surface area contributed by atoms with Crippen LogP contribution in [0.3, 0.4) is 0 Å². The van der Waals surface area contributed by atoms with Crippen LogP contribution in [-0.4, -0.2) is 57.8 Å². The SMILES string of the molecule is NCCCCCCOP(=O)([O-])OP(=O)([O-])OC[C@H]1O[C@@H](n2ccc(=O)[nH]c2=O)[C@H](O)[C@@H]1O.[Na+].[Na+]. The molecule has 0 radical (unpaired) electrons. The Kier molecular flexibility index (Phi) is 16.3. The van der Waals surface area contributed by atoms with Crippen molar-refractivity contribution >= 4 is 15.6 Å². The molecule has 2 rings (SSSR count). The number of phosphoric ester groups is 2. The van der Waals surface area contributed by atoms with Gasteiger partial charge in [-0.3, -0.25) is 23.5 Å². The smallest absolute Gasteiger partial charge is 0.756 e. The number of rotatable bonds is 13. The predicted octanol–water partition coefficient (Wildman–Crippen LogP) is -8.33. The fourth-order valence-corrected chi connectivity index (χ4v) is 4.87. The third-order valence-electron chi connectivity index (χ3n) is 4.41. The molecular formula is C15H25N3Na2O12P2. The van der Waals surface area contributed by atoms with Crippen molar-refractivity contribution in [3.63, 3.8) is 0 Å². The summed E-state index contributed by atoms with van der Waals surface area (Å²) in [5, 5.41) is 20.1. The fraction of sp³-hybridized carbons (Fsp3) is 0.733. The van der Waals surface area contributed by atoms with E-state index in [9.17, 15) is 38.7 Å². The van der Waals surface area contributed by atoms with Crippen molar-refractivity contribution in [1.29, 1.82) is 0 Å². The van der Waals surface area contributed by atoms with E-state index in [0.717, 1.165) is 29.7 Å². The molecule has 19 heteroatoms. The van der Waals surface area contributed by atoms with Gasteiger partial charge in [0.1, 0.15) is 18.3 Å². The van der Waals surface area contributed by atoms with E-state index in [-0.39, 0.29) is 65.7 Å². The number of nitrogens with zero attached hydrogens (tertiary/aromatic N) is 1. The summed E-state index contributed by atoms with van der Waals surface area (Å²) in [6.07, 6.45) is -2.85. The minimum Gasteiger partial charge on any atom is -0.756 e. The summed E-state index contributed by atoms with van der Waals surface area (Å²) < 4.78 is 42.4. The zero-order valence-corrected chi connectivity index (χ0v) is 24.6. The van der Waals surface area contributed by atoms with E-state index in [1.807, 2.05) is 4.98 Å². The molecule has 184 valence electrons. The van der Waals surface area contributed by atoms with E-state index in [1.165, 1.54) is 0 Å². The number of aromatic amines is 1. The van der Waals surface area contributed by atoms with Gasteiger partial charge in [-0.25, -0.2) is 9.11 Å². The second-order valence-corrected chi connectivity index (χ2v) is 9.83. The van der Waals surface area contributed by atoms with Crippen molar-refractivity contribution in [2.45, 2.75) is 50.2 Å². The van der Waals surface area contributed by atoms with Crippen LogP contribution in [0.15, 0.2) is 21.9 Å². The molecule has 0 aliphatic carbocycles. The molecule has 0 bridgehead atoms. The van der Waals surface area contributed by atoms with Gasteiger partial charge in [0.25, 0.3) is 21.2 Å². The van der Waals surface area contributed by atoms with Crippen LogP contribution in [0.1, 0.15) is 31.9 Å². The zero-order valence-electron chi connectivity index (χ0n) is 18.8. The molecule has 2 unspecified atom stereocenters. The number of aliphatic hydroxyl groups excluding tert-OH is 2. The number of nitrogens with one attached hydrogen (secondary N) is 1. The molecule has 6 atom stereocenters. The van der Waals surface area contributed by atoms with Crippen molar-refractivity contribution in [2.24, 2.45) is 5.73 Å². The van der Waals surface area contributed by atoms with Gasteiger partial charge in [-0.1, -0.05) is 12.8 Å². The fourth-order valence-electron chi connectivity index (χ4n) is 2.84. The molecule has 1 aromatic rings. The molecule has 34 heavy (non-hydrogen) atoms. The average molecular weight is 547 g/mol. The summed E-state index contributed by atoms with van der Waals surface area (Å²) in [6, 6.07) is 0.970. The summed E-state index contributed by atoms with van der Waals surface area (Å²) in [5.41, 5.74) is 3.68. The first-order valence-electron chi connectivity index (χ1n) is 9.61. The average Bonchev–Trinajstić information content (AvgIpc) is 2.97. The molecule has 2 heterocycles. The minimum absolute atomic E-state index is 0. The quantitative estimate of drug-likeness (QED) is 0.102. The Morgan fingerprint density at radius 1 is 1.06 bits per heavy atom. The van der Waals surface area contributed by atoms with Crippen molar-refractivity contribution in [2.75, 3.05) is 19.8 Å². The van der Waals surface area contributed by atoms with Crippen LogP contribution >= 0.6 is 15.6 Å². The molecule has 1 aromatic heterocycles. The summed E-state index contributed by atoms with van der Waals surface area (Å²) in [6.45, 7) is -0.732.